The number of hydrogen-bond donors (Lipinski definition) is 1. The van der Waals surface area contributed by atoms with Gasteiger partial charge >= 0.3 is 0 Å². The van der Waals surface area contributed by atoms with E-state index in [9.17, 15) is 4.79 Å². The molecule has 9 heavy (non-hydrogen) atoms. The number of carbonyl (C=O) groups is 1. The molecule has 0 spiro atoms. The monoisotopic (exact) mass is 143 g/mol. The van der Waals surface area contributed by atoms with E-state index < -0.39 is 5.91 Å². The summed E-state index contributed by atoms with van der Waals surface area (Å²) in [5.41, 5.74) is 5.20. The van der Waals surface area contributed by atoms with Crippen molar-refractivity contribution in [3.63, 3.8) is 0 Å². The molecule has 0 aliphatic heterocycles. The van der Waals surface area contributed by atoms with Crippen LogP contribution in [0.15, 0.2) is 0 Å². The molecule has 2 N–H and O–H groups in total. The lowest BCUT2D eigenvalue weighted by Crippen LogP contribution is -2.12. The molecule has 1 rings (SSSR count). The van der Waals surface area contributed by atoms with Gasteiger partial charge in [-0.1, -0.05) is 4.49 Å². The zero-order valence-electron chi connectivity index (χ0n) is 4.79. The highest BCUT2D eigenvalue weighted by Crippen LogP contribution is 2.05. The van der Waals surface area contributed by atoms with Crippen molar-refractivity contribution in [2.45, 2.75) is 6.92 Å². The predicted octanol–water partition coefficient (Wildman–Crippen LogP) is -0.0546. The molecule has 0 saturated heterocycles. The lowest BCUT2D eigenvalue weighted by atomic mass is 10.4. The van der Waals surface area contributed by atoms with Gasteiger partial charge in [0.25, 0.3) is 5.91 Å². The largest absolute Gasteiger partial charge is 0.364 e. The highest BCUT2D eigenvalue weighted by atomic mass is 32.1. The van der Waals surface area contributed by atoms with E-state index >= 15 is 0 Å². The number of hydrogen-bond acceptors (Lipinski definition) is 4. The van der Waals surface area contributed by atoms with Crippen LogP contribution in [0.1, 0.15) is 15.4 Å². The van der Waals surface area contributed by atoms with Crippen molar-refractivity contribution in [2.75, 3.05) is 0 Å². The molecule has 0 atom stereocenters. The van der Waals surface area contributed by atoms with E-state index in [1.165, 1.54) is 11.5 Å². The third-order valence-electron chi connectivity index (χ3n) is 0.885. The molecule has 1 amide bonds. The van der Waals surface area contributed by atoms with Gasteiger partial charge in [-0.3, -0.25) is 4.79 Å². The first-order valence-electron chi connectivity index (χ1n) is 2.30. The summed E-state index contributed by atoms with van der Waals surface area (Å²) in [6.07, 6.45) is 0. The lowest BCUT2D eigenvalue weighted by molar-refractivity contribution is 0.0995. The maximum atomic E-state index is 10.4. The number of nitrogens with two attached hydrogens (primary N) is 1. The number of aryl methyl sites for hydroxylation is 1. The van der Waals surface area contributed by atoms with Crippen LogP contribution in [0.3, 0.4) is 0 Å². The van der Waals surface area contributed by atoms with Gasteiger partial charge in [-0.05, 0) is 18.5 Å². The van der Waals surface area contributed by atoms with Gasteiger partial charge in [0.15, 0.2) is 5.69 Å². The van der Waals surface area contributed by atoms with Crippen LogP contribution in [-0.2, 0) is 0 Å². The van der Waals surface area contributed by atoms with Gasteiger partial charge in [-0.2, -0.15) is 0 Å². The van der Waals surface area contributed by atoms with Crippen LogP contribution < -0.4 is 5.73 Å². The van der Waals surface area contributed by atoms with Gasteiger partial charge in [0, 0.05) is 0 Å². The van der Waals surface area contributed by atoms with E-state index in [0.29, 0.717) is 0 Å². The minimum absolute atomic E-state index is 0.278. The number of aromatic nitrogens is 2. The van der Waals surface area contributed by atoms with Gasteiger partial charge in [0.05, 0.1) is 4.88 Å². The fourth-order valence-electron chi connectivity index (χ4n) is 0.459. The molecular weight excluding hydrogens is 138 g/mol. The Balaban J connectivity index is 3.08. The van der Waals surface area contributed by atoms with Gasteiger partial charge < -0.3 is 5.73 Å². The first-order chi connectivity index (χ1) is 4.22. The van der Waals surface area contributed by atoms with Crippen LogP contribution in [0.5, 0.6) is 0 Å². The smallest absolute Gasteiger partial charge is 0.270 e. The Morgan fingerprint density at radius 1 is 1.78 bits per heavy atom. The van der Waals surface area contributed by atoms with Crippen molar-refractivity contribution >= 4 is 17.4 Å². The highest BCUT2D eigenvalue weighted by Gasteiger charge is 2.07. The number of nitrogens with zero attached hydrogens (tertiary/aromatic N) is 2. The third kappa shape index (κ3) is 1.05. The topological polar surface area (TPSA) is 68.9 Å². The van der Waals surface area contributed by atoms with E-state index in [-0.39, 0.29) is 5.69 Å². The average Bonchev–Trinajstić information content (AvgIpc) is 2.13. The average molecular weight is 143 g/mol. The molecule has 0 unspecified atom stereocenters. The third-order valence-corrected chi connectivity index (χ3v) is 1.52. The Kier molecular flexibility index (Phi) is 1.44. The molecule has 0 saturated carbocycles. The van der Waals surface area contributed by atoms with Crippen LogP contribution in [-0.4, -0.2) is 15.5 Å². The number of primary amides is 1. The van der Waals surface area contributed by atoms with Crippen molar-refractivity contribution < 1.29 is 4.79 Å². The molecular formula is C4H5N3OS. The molecule has 4 nitrogen and oxygen atoms in total. The zero-order chi connectivity index (χ0) is 6.85. The SMILES string of the molecule is Cc1snnc1C(N)=O. The standard InChI is InChI=1S/C4H5N3OS/c1-2-3(4(5)8)6-7-9-2/h1H3,(H2,5,8). The van der Waals surface area contributed by atoms with Crippen LogP contribution >= 0.6 is 11.5 Å². The fraction of sp³-hybridized carbons (Fsp3) is 0.250. The predicted molar refractivity (Wildman–Crippen MR) is 33.2 cm³/mol. The molecule has 0 bridgehead atoms. The first-order valence-corrected chi connectivity index (χ1v) is 3.08. The number of carbonyl (C=O) groups excluding carboxylic acids is 1. The summed E-state index contributed by atoms with van der Waals surface area (Å²) in [4.78, 5) is 11.2. The summed E-state index contributed by atoms with van der Waals surface area (Å²) >= 11 is 1.17. The normalized spacial score (nSPS) is 9.44. The molecule has 0 radical (unpaired) electrons. The molecule has 0 aromatic carbocycles. The van der Waals surface area contributed by atoms with E-state index in [2.05, 4.69) is 9.59 Å². The minimum Gasteiger partial charge on any atom is -0.364 e. The fourth-order valence-corrected chi connectivity index (χ4v) is 0.932. The van der Waals surface area contributed by atoms with Crippen molar-refractivity contribution in [3.05, 3.63) is 10.6 Å². The van der Waals surface area contributed by atoms with Crippen molar-refractivity contribution in [2.24, 2.45) is 5.73 Å². The van der Waals surface area contributed by atoms with Crippen molar-refractivity contribution in [1.82, 2.24) is 9.59 Å². The second-order valence-corrected chi connectivity index (χ2v) is 2.50. The Labute approximate surface area is 55.9 Å². The van der Waals surface area contributed by atoms with Gasteiger partial charge in [0.2, 0.25) is 0 Å². The van der Waals surface area contributed by atoms with Crippen LogP contribution in [0, 0.1) is 6.92 Å². The summed E-state index contributed by atoms with van der Waals surface area (Å²) in [5, 5.41) is 3.51. The molecule has 1 heterocycles. The maximum Gasteiger partial charge on any atom is 0.270 e. The van der Waals surface area contributed by atoms with Crippen LogP contribution in [0.2, 0.25) is 0 Å². The van der Waals surface area contributed by atoms with Crippen molar-refractivity contribution in [3.8, 4) is 0 Å². The van der Waals surface area contributed by atoms with Crippen LogP contribution in [0.25, 0.3) is 0 Å². The summed E-state index contributed by atoms with van der Waals surface area (Å²) in [5.74, 6) is -0.513. The second kappa shape index (κ2) is 2.10. The Bertz CT molecular complexity index is 231. The van der Waals surface area contributed by atoms with Gasteiger partial charge in [-0.25, -0.2) is 0 Å². The quantitative estimate of drug-likeness (QED) is 0.599. The molecule has 1 aromatic heterocycles. The molecule has 0 aliphatic rings. The Morgan fingerprint density at radius 2 is 2.44 bits per heavy atom. The lowest BCUT2D eigenvalue weighted by Gasteiger charge is -1.83. The van der Waals surface area contributed by atoms with E-state index in [4.69, 9.17) is 5.73 Å². The van der Waals surface area contributed by atoms with E-state index in [1.807, 2.05) is 0 Å². The summed E-state index contributed by atoms with van der Waals surface area (Å²) in [6.45, 7) is 1.75. The summed E-state index contributed by atoms with van der Waals surface area (Å²) in [6, 6.07) is 0. The van der Waals surface area contributed by atoms with Gasteiger partial charge in [-0.15, -0.1) is 5.10 Å². The second-order valence-electron chi connectivity index (χ2n) is 1.54. The Morgan fingerprint density at radius 3 is 2.67 bits per heavy atom. The molecule has 48 valence electrons. The number of amides is 1. The first kappa shape index (κ1) is 6.15. The van der Waals surface area contributed by atoms with E-state index in [0.717, 1.165) is 4.88 Å². The zero-order valence-corrected chi connectivity index (χ0v) is 5.60. The molecule has 0 fully saturated rings. The molecule has 5 heteroatoms. The highest BCUT2D eigenvalue weighted by molar-refractivity contribution is 7.05. The maximum absolute atomic E-state index is 10.4. The van der Waals surface area contributed by atoms with Crippen molar-refractivity contribution in [1.29, 1.82) is 0 Å². The van der Waals surface area contributed by atoms with Gasteiger partial charge in [0.1, 0.15) is 0 Å². The summed E-state index contributed by atoms with van der Waals surface area (Å²) in [7, 11) is 0. The molecule has 1 aromatic rings. The summed E-state index contributed by atoms with van der Waals surface area (Å²) < 4.78 is 3.53. The Hall–Kier alpha value is -0.970. The molecule has 0 aliphatic carbocycles. The number of rotatable bonds is 1. The van der Waals surface area contributed by atoms with Crippen LogP contribution in [0.4, 0.5) is 0 Å². The minimum atomic E-state index is -0.513. The van der Waals surface area contributed by atoms with E-state index in [1.54, 1.807) is 6.92 Å².